The SMILES string of the molecule is CC(=O)Nc1ccc(-c2ccc3c(c2)CCc2cc(Cl)ccc2N(C(C)=O)C3)cc1. The van der Waals surface area contributed by atoms with E-state index in [1.54, 1.807) is 6.92 Å². The van der Waals surface area contributed by atoms with Crippen molar-refractivity contribution in [3.63, 3.8) is 0 Å². The van der Waals surface area contributed by atoms with Gasteiger partial charge >= 0.3 is 0 Å². The van der Waals surface area contributed by atoms with Gasteiger partial charge in [-0.25, -0.2) is 0 Å². The number of fused-ring (bicyclic) bond motifs is 2. The number of rotatable bonds is 2. The van der Waals surface area contributed by atoms with Gasteiger partial charge in [-0.05, 0) is 71.0 Å². The van der Waals surface area contributed by atoms with E-state index in [1.165, 1.54) is 12.5 Å². The third-order valence-electron chi connectivity index (χ3n) is 5.45. The average molecular weight is 419 g/mol. The summed E-state index contributed by atoms with van der Waals surface area (Å²) in [6.07, 6.45) is 1.70. The van der Waals surface area contributed by atoms with Gasteiger partial charge in [0.1, 0.15) is 0 Å². The van der Waals surface area contributed by atoms with E-state index in [1.807, 2.05) is 47.4 Å². The Balaban J connectivity index is 1.68. The number of anilines is 2. The van der Waals surface area contributed by atoms with Crippen LogP contribution in [0.1, 0.15) is 30.5 Å². The second-order valence-corrected chi connectivity index (χ2v) is 8.06. The molecule has 0 radical (unpaired) electrons. The lowest BCUT2D eigenvalue weighted by atomic mass is 9.92. The Morgan fingerprint density at radius 1 is 0.833 bits per heavy atom. The molecule has 0 unspecified atom stereocenters. The van der Waals surface area contributed by atoms with Crippen molar-refractivity contribution in [3.8, 4) is 11.1 Å². The van der Waals surface area contributed by atoms with Gasteiger partial charge in [0.05, 0.1) is 6.54 Å². The first-order chi connectivity index (χ1) is 14.4. The van der Waals surface area contributed by atoms with Crippen LogP contribution < -0.4 is 10.2 Å². The number of benzene rings is 3. The second-order valence-electron chi connectivity index (χ2n) is 7.62. The Morgan fingerprint density at radius 2 is 1.53 bits per heavy atom. The fourth-order valence-electron chi connectivity index (χ4n) is 3.97. The maximum Gasteiger partial charge on any atom is 0.224 e. The highest BCUT2D eigenvalue weighted by Gasteiger charge is 2.21. The molecule has 2 amide bonds. The molecule has 5 heteroatoms. The molecule has 30 heavy (non-hydrogen) atoms. The minimum Gasteiger partial charge on any atom is -0.326 e. The topological polar surface area (TPSA) is 49.4 Å². The maximum atomic E-state index is 12.4. The molecule has 1 heterocycles. The van der Waals surface area contributed by atoms with Crippen LogP contribution in [0.25, 0.3) is 11.1 Å². The molecule has 3 aromatic rings. The Kier molecular flexibility index (Phi) is 5.60. The van der Waals surface area contributed by atoms with E-state index in [9.17, 15) is 9.59 Å². The molecular weight excluding hydrogens is 396 g/mol. The van der Waals surface area contributed by atoms with Crippen molar-refractivity contribution in [2.24, 2.45) is 0 Å². The number of carbonyl (C=O) groups excluding carboxylic acids is 2. The minimum atomic E-state index is -0.0840. The van der Waals surface area contributed by atoms with Crippen LogP contribution >= 0.6 is 11.6 Å². The number of amides is 2. The van der Waals surface area contributed by atoms with Gasteiger partial charge in [0.25, 0.3) is 0 Å². The van der Waals surface area contributed by atoms with E-state index in [0.29, 0.717) is 11.6 Å². The summed E-state index contributed by atoms with van der Waals surface area (Å²) < 4.78 is 0. The fraction of sp³-hybridized carbons (Fsp3) is 0.200. The van der Waals surface area contributed by atoms with E-state index < -0.39 is 0 Å². The Bertz CT molecular complexity index is 1120. The fourth-order valence-corrected chi connectivity index (χ4v) is 4.16. The molecule has 0 saturated heterocycles. The highest BCUT2D eigenvalue weighted by Crippen LogP contribution is 2.32. The zero-order chi connectivity index (χ0) is 21.3. The number of aryl methyl sites for hydroxylation is 2. The molecule has 0 saturated carbocycles. The summed E-state index contributed by atoms with van der Waals surface area (Å²) in [6.45, 7) is 3.64. The van der Waals surface area contributed by atoms with Crippen molar-refractivity contribution in [1.82, 2.24) is 0 Å². The van der Waals surface area contributed by atoms with Crippen molar-refractivity contribution in [3.05, 3.63) is 82.4 Å². The van der Waals surface area contributed by atoms with Crippen LogP contribution in [0.3, 0.4) is 0 Å². The molecule has 4 rings (SSSR count). The molecule has 0 atom stereocenters. The molecule has 0 aliphatic carbocycles. The third kappa shape index (κ3) is 4.24. The zero-order valence-electron chi connectivity index (χ0n) is 17.0. The van der Waals surface area contributed by atoms with Gasteiger partial charge in [-0.2, -0.15) is 0 Å². The van der Waals surface area contributed by atoms with Gasteiger partial charge in [-0.15, -0.1) is 0 Å². The summed E-state index contributed by atoms with van der Waals surface area (Å²) in [6, 6.07) is 20.0. The summed E-state index contributed by atoms with van der Waals surface area (Å²) >= 11 is 6.22. The van der Waals surface area contributed by atoms with E-state index in [2.05, 4.69) is 23.5 Å². The predicted octanol–water partition coefficient (Wildman–Crippen LogP) is 5.62. The van der Waals surface area contributed by atoms with Gasteiger partial charge in [0, 0.05) is 30.2 Å². The first-order valence-electron chi connectivity index (χ1n) is 9.97. The molecule has 1 N–H and O–H groups in total. The van der Waals surface area contributed by atoms with Gasteiger partial charge in [-0.3, -0.25) is 9.59 Å². The van der Waals surface area contributed by atoms with Crippen molar-refractivity contribution in [2.45, 2.75) is 33.2 Å². The molecule has 1 aliphatic rings. The molecule has 0 bridgehead atoms. The first-order valence-corrected chi connectivity index (χ1v) is 10.3. The lowest BCUT2D eigenvalue weighted by Gasteiger charge is -2.28. The quantitative estimate of drug-likeness (QED) is 0.587. The Morgan fingerprint density at radius 3 is 2.23 bits per heavy atom. The number of halogens is 1. The molecular formula is C25H23ClN2O2. The van der Waals surface area contributed by atoms with Gasteiger partial charge in [0.15, 0.2) is 0 Å². The number of nitrogens with one attached hydrogen (secondary N) is 1. The summed E-state index contributed by atoms with van der Waals surface area (Å²) in [7, 11) is 0. The first kappa shape index (κ1) is 20.2. The normalized spacial score (nSPS) is 13.0. The Hall–Kier alpha value is -3.11. The molecule has 152 valence electrons. The lowest BCUT2D eigenvalue weighted by molar-refractivity contribution is -0.117. The lowest BCUT2D eigenvalue weighted by Crippen LogP contribution is -2.30. The summed E-state index contributed by atoms with van der Waals surface area (Å²) in [5.74, 6) is -0.0664. The third-order valence-corrected chi connectivity index (χ3v) is 5.68. The van der Waals surface area contributed by atoms with Crippen LogP contribution in [0.2, 0.25) is 5.02 Å². The number of nitrogens with zero attached hydrogens (tertiary/aromatic N) is 1. The molecule has 0 aromatic heterocycles. The monoisotopic (exact) mass is 418 g/mol. The van der Waals surface area contributed by atoms with E-state index in [4.69, 9.17) is 11.6 Å². The van der Waals surface area contributed by atoms with Crippen molar-refractivity contribution in [1.29, 1.82) is 0 Å². The number of carbonyl (C=O) groups is 2. The smallest absolute Gasteiger partial charge is 0.224 e. The number of hydrogen-bond donors (Lipinski definition) is 1. The van der Waals surface area contributed by atoms with Crippen LogP contribution in [0, 0.1) is 0 Å². The Labute approximate surface area is 181 Å². The van der Waals surface area contributed by atoms with E-state index in [0.717, 1.165) is 46.5 Å². The highest BCUT2D eigenvalue weighted by atomic mass is 35.5. The molecule has 1 aliphatic heterocycles. The predicted molar refractivity (Wildman–Crippen MR) is 122 cm³/mol. The zero-order valence-corrected chi connectivity index (χ0v) is 17.8. The summed E-state index contributed by atoms with van der Waals surface area (Å²) in [4.78, 5) is 25.4. The minimum absolute atomic E-state index is 0.0176. The van der Waals surface area contributed by atoms with Crippen molar-refractivity contribution in [2.75, 3.05) is 10.2 Å². The van der Waals surface area contributed by atoms with Crippen LogP contribution in [-0.4, -0.2) is 11.8 Å². The summed E-state index contributed by atoms with van der Waals surface area (Å²) in [5, 5.41) is 3.48. The van der Waals surface area contributed by atoms with Crippen molar-refractivity contribution >= 4 is 34.8 Å². The molecule has 0 fully saturated rings. The number of hydrogen-bond acceptors (Lipinski definition) is 2. The largest absolute Gasteiger partial charge is 0.326 e. The maximum absolute atomic E-state index is 12.4. The standard InChI is InChI=1S/C25H23ClN2O2/c1-16(29)27-24-10-7-18(8-11-24)19-4-6-22-15-28(17(2)30)25-12-9-23(26)14-21(25)5-3-20(22)13-19/h4,6-14H,3,5,15H2,1-2H3,(H,27,29). The van der Waals surface area contributed by atoms with Crippen molar-refractivity contribution < 1.29 is 9.59 Å². The van der Waals surface area contributed by atoms with Gasteiger partial charge < -0.3 is 10.2 Å². The highest BCUT2D eigenvalue weighted by molar-refractivity contribution is 6.30. The summed E-state index contributed by atoms with van der Waals surface area (Å²) in [5.41, 5.74) is 7.40. The molecule has 4 nitrogen and oxygen atoms in total. The van der Waals surface area contributed by atoms with E-state index in [-0.39, 0.29) is 11.8 Å². The average Bonchev–Trinajstić information content (AvgIpc) is 2.70. The van der Waals surface area contributed by atoms with Gasteiger partial charge in [0.2, 0.25) is 11.8 Å². The van der Waals surface area contributed by atoms with Crippen LogP contribution in [0.5, 0.6) is 0 Å². The van der Waals surface area contributed by atoms with Gasteiger partial charge in [-0.1, -0.05) is 41.9 Å². The van der Waals surface area contributed by atoms with Crippen LogP contribution in [0.4, 0.5) is 11.4 Å². The second kappa shape index (κ2) is 8.33. The van der Waals surface area contributed by atoms with Crippen LogP contribution in [-0.2, 0) is 29.0 Å². The molecule has 3 aromatic carbocycles. The molecule has 0 spiro atoms. The van der Waals surface area contributed by atoms with Crippen LogP contribution in [0.15, 0.2) is 60.7 Å². The van der Waals surface area contributed by atoms with E-state index >= 15 is 0 Å².